The van der Waals surface area contributed by atoms with Crippen molar-refractivity contribution in [3.63, 3.8) is 0 Å². The van der Waals surface area contributed by atoms with Gasteiger partial charge in [-0.15, -0.1) is 12.4 Å². The van der Waals surface area contributed by atoms with Crippen LogP contribution in [0.2, 0.25) is 0 Å². The topological polar surface area (TPSA) is 75.7 Å². The predicted octanol–water partition coefficient (Wildman–Crippen LogP) is 3.67. The highest BCUT2D eigenvalue weighted by Crippen LogP contribution is 2.29. The molecule has 2 aromatic carbocycles. The van der Waals surface area contributed by atoms with Gasteiger partial charge in [-0.25, -0.2) is 13.4 Å². The van der Waals surface area contributed by atoms with Crippen molar-refractivity contribution in [3.8, 4) is 0 Å². The lowest BCUT2D eigenvalue weighted by Gasteiger charge is -2.08. The predicted molar refractivity (Wildman–Crippen MR) is 95.3 cm³/mol. The molecule has 0 atom stereocenters. The molecule has 0 unspecified atom stereocenters. The van der Waals surface area contributed by atoms with Gasteiger partial charge in [-0.3, -0.25) is 4.98 Å². The van der Waals surface area contributed by atoms with Crippen molar-refractivity contribution < 1.29 is 8.42 Å². The molecule has 4 aromatic rings. The SMILES string of the molecule is Cc1nc2ccc(S(=O)(=O)c3cccc4cnccc34)cc2[nH]1.Cl. The first-order valence-corrected chi connectivity index (χ1v) is 8.58. The lowest BCUT2D eigenvalue weighted by Crippen LogP contribution is -2.03. The first-order valence-electron chi connectivity index (χ1n) is 7.10. The number of aryl methyl sites for hydroxylation is 1. The minimum atomic E-state index is -3.62. The summed E-state index contributed by atoms with van der Waals surface area (Å²) in [5.41, 5.74) is 1.47. The molecule has 0 spiro atoms. The summed E-state index contributed by atoms with van der Waals surface area (Å²) < 4.78 is 26.1. The number of sulfone groups is 1. The van der Waals surface area contributed by atoms with Gasteiger partial charge in [0.25, 0.3) is 0 Å². The van der Waals surface area contributed by atoms with Gasteiger partial charge < -0.3 is 4.98 Å². The van der Waals surface area contributed by atoms with E-state index in [0.717, 1.165) is 16.7 Å². The molecule has 1 N–H and O–H groups in total. The zero-order valence-electron chi connectivity index (χ0n) is 12.7. The van der Waals surface area contributed by atoms with Gasteiger partial charge in [0.2, 0.25) is 9.84 Å². The number of rotatable bonds is 2. The average molecular weight is 360 g/mol. The molecule has 0 aliphatic carbocycles. The van der Waals surface area contributed by atoms with E-state index in [2.05, 4.69) is 15.0 Å². The summed E-state index contributed by atoms with van der Waals surface area (Å²) in [5, 5.41) is 1.47. The minimum absolute atomic E-state index is 0. The van der Waals surface area contributed by atoms with Gasteiger partial charge in [-0.05, 0) is 37.3 Å². The maximum absolute atomic E-state index is 13.0. The molecule has 0 saturated heterocycles. The van der Waals surface area contributed by atoms with Crippen LogP contribution >= 0.6 is 12.4 Å². The second kappa shape index (κ2) is 5.89. The number of aromatic nitrogens is 3. The van der Waals surface area contributed by atoms with Gasteiger partial charge in [-0.2, -0.15) is 0 Å². The zero-order chi connectivity index (χ0) is 16.0. The van der Waals surface area contributed by atoms with Crippen molar-refractivity contribution in [1.82, 2.24) is 15.0 Å². The standard InChI is InChI=1S/C17H13N3O2S.ClH/c1-11-19-15-6-5-13(9-16(15)20-11)23(21,22)17-4-2-3-12-10-18-8-7-14(12)17;/h2-10H,1H3,(H,19,20);1H. The van der Waals surface area contributed by atoms with E-state index in [9.17, 15) is 8.42 Å². The number of imidazole rings is 1. The fraction of sp³-hybridized carbons (Fsp3) is 0.0588. The monoisotopic (exact) mass is 359 g/mol. The van der Waals surface area contributed by atoms with Crippen LogP contribution in [0.25, 0.3) is 21.8 Å². The van der Waals surface area contributed by atoms with Crippen LogP contribution in [0.15, 0.2) is 64.6 Å². The van der Waals surface area contributed by atoms with Gasteiger partial charge in [0.1, 0.15) is 5.82 Å². The zero-order valence-corrected chi connectivity index (χ0v) is 14.4. The third kappa shape index (κ3) is 2.53. The van der Waals surface area contributed by atoms with Crippen molar-refractivity contribution in [3.05, 3.63) is 60.7 Å². The van der Waals surface area contributed by atoms with Crippen molar-refractivity contribution in [1.29, 1.82) is 0 Å². The first-order chi connectivity index (χ1) is 11.1. The van der Waals surface area contributed by atoms with Crippen molar-refractivity contribution in [2.24, 2.45) is 0 Å². The number of halogens is 1. The van der Waals surface area contributed by atoms with Crippen molar-refractivity contribution >= 4 is 44.1 Å². The molecular weight excluding hydrogens is 346 g/mol. The number of hydrogen-bond donors (Lipinski definition) is 1. The molecule has 0 saturated carbocycles. The van der Waals surface area contributed by atoms with E-state index in [1.54, 1.807) is 48.8 Å². The van der Waals surface area contributed by atoms with Gasteiger partial charge in [0, 0.05) is 23.2 Å². The quantitative estimate of drug-likeness (QED) is 0.592. The molecule has 2 heterocycles. The van der Waals surface area contributed by atoms with Crippen LogP contribution in [0.1, 0.15) is 5.82 Å². The molecule has 4 rings (SSSR count). The molecule has 0 fully saturated rings. The molecule has 0 aliphatic heterocycles. The number of nitrogens with one attached hydrogen (secondary N) is 1. The smallest absolute Gasteiger partial charge is 0.207 e. The van der Waals surface area contributed by atoms with Crippen LogP contribution in [0.4, 0.5) is 0 Å². The van der Waals surface area contributed by atoms with Crippen LogP contribution < -0.4 is 0 Å². The molecule has 7 heteroatoms. The van der Waals surface area contributed by atoms with Gasteiger partial charge in [0.15, 0.2) is 0 Å². The van der Waals surface area contributed by atoms with Crippen LogP contribution in [0, 0.1) is 6.92 Å². The lowest BCUT2D eigenvalue weighted by atomic mass is 10.2. The molecule has 0 radical (unpaired) electrons. The third-order valence-electron chi connectivity index (χ3n) is 3.81. The Hall–Kier alpha value is -2.44. The number of aromatic amines is 1. The molecule has 122 valence electrons. The number of benzene rings is 2. The summed E-state index contributed by atoms with van der Waals surface area (Å²) in [4.78, 5) is 12.0. The Balaban J connectivity index is 0.00000169. The highest BCUT2D eigenvalue weighted by molar-refractivity contribution is 7.91. The summed E-state index contributed by atoms with van der Waals surface area (Å²) in [5.74, 6) is 0.755. The maximum Gasteiger partial charge on any atom is 0.207 e. The summed E-state index contributed by atoms with van der Waals surface area (Å²) in [6.07, 6.45) is 3.26. The van der Waals surface area contributed by atoms with Gasteiger partial charge >= 0.3 is 0 Å². The van der Waals surface area contributed by atoms with E-state index in [4.69, 9.17) is 0 Å². The van der Waals surface area contributed by atoms with Crippen LogP contribution in [-0.4, -0.2) is 23.4 Å². The Kier molecular flexibility index (Phi) is 4.03. The average Bonchev–Trinajstić information content (AvgIpc) is 2.93. The second-order valence-electron chi connectivity index (χ2n) is 5.36. The van der Waals surface area contributed by atoms with Crippen molar-refractivity contribution in [2.75, 3.05) is 0 Å². The number of nitrogens with zero attached hydrogens (tertiary/aromatic N) is 2. The Labute approximate surface area is 145 Å². The fourth-order valence-corrected chi connectivity index (χ4v) is 4.24. The van der Waals surface area contributed by atoms with E-state index < -0.39 is 9.84 Å². The van der Waals surface area contributed by atoms with E-state index in [1.165, 1.54) is 0 Å². The van der Waals surface area contributed by atoms with E-state index in [0.29, 0.717) is 10.9 Å². The van der Waals surface area contributed by atoms with Crippen molar-refractivity contribution in [2.45, 2.75) is 16.7 Å². The molecule has 0 bridgehead atoms. The van der Waals surface area contributed by atoms with Crippen LogP contribution in [0.5, 0.6) is 0 Å². The summed E-state index contributed by atoms with van der Waals surface area (Å²) in [6.45, 7) is 1.84. The number of fused-ring (bicyclic) bond motifs is 2. The summed E-state index contributed by atoms with van der Waals surface area (Å²) in [6, 6.07) is 11.9. The molecule has 0 aliphatic rings. The largest absolute Gasteiger partial charge is 0.342 e. The van der Waals surface area contributed by atoms with Crippen LogP contribution in [-0.2, 0) is 9.84 Å². The molecule has 0 amide bonds. The third-order valence-corrected chi connectivity index (χ3v) is 5.62. The number of pyridine rings is 1. The maximum atomic E-state index is 13.0. The Morgan fingerprint density at radius 2 is 1.92 bits per heavy atom. The molecule has 2 aromatic heterocycles. The fourth-order valence-electron chi connectivity index (χ4n) is 2.74. The highest BCUT2D eigenvalue weighted by atomic mass is 35.5. The lowest BCUT2D eigenvalue weighted by molar-refractivity contribution is 0.597. The van der Waals surface area contributed by atoms with Crippen LogP contribution in [0.3, 0.4) is 0 Å². The van der Waals surface area contributed by atoms with E-state index in [1.807, 2.05) is 13.0 Å². The minimum Gasteiger partial charge on any atom is -0.342 e. The van der Waals surface area contributed by atoms with Gasteiger partial charge in [-0.1, -0.05) is 12.1 Å². The number of H-pyrrole nitrogens is 1. The molecular formula is C17H14ClN3O2S. The molecule has 5 nitrogen and oxygen atoms in total. The Morgan fingerprint density at radius 3 is 2.75 bits per heavy atom. The van der Waals surface area contributed by atoms with E-state index >= 15 is 0 Å². The highest BCUT2D eigenvalue weighted by Gasteiger charge is 2.21. The number of hydrogen-bond acceptors (Lipinski definition) is 4. The Bertz CT molecular complexity index is 1150. The first kappa shape index (κ1) is 16.4. The van der Waals surface area contributed by atoms with E-state index in [-0.39, 0.29) is 22.2 Å². The summed E-state index contributed by atoms with van der Waals surface area (Å²) >= 11 is 0. The summed E-state index contributed by atoms with van der Waals surface area (Å²) in [7, 11) is -3.62. The Morgan fingerprint density at radius 1 is 1.08 bits per heavy atom. The normalized spacial score (nSPS) is 11.5. The van der Waals surface area contributed by atoms with Gasteiger partial charge in [0.05, 0.1) is 20.8 Å². The molecule has 24 heavy (non-hydrogen) atoms. The second-order valence-corrected chi connectivity index (χ2v) is 7.28.